The predicted octanol–water partition coefficient (Wildman–Crippen LogP) is 0.405. The van der Waals surface area contributed by atoms with Gasteiger partial charge in [-0.1, -0.05) is 0 Å². The van der Waals surface area contributed by atoms with Crippen LogP contribution in [0.15, 0.2) is 18.3 Å². The van der Waals surface area contributed by atoms with Gasteiger partial charge in [-0.05, 0) is 25.0 Å². The molecule has 1 aromatic rings. The van der Waals surface area contributed by atoms with E-state index >= 15 is 0 Å². The highest BCUT2D eigenvalue weighted by molar-refractivity contribution is 5.92. The van der Waals surface area contributed by atoms with Gasteiger partial charge in [-0.3, -0.25) is 14.5 Å². The van der Waals surface area contributed by atoms with Crippen molar-refractivity contribution in [1.29, 1.82) is 0 Å². The van der Waals surface area contributed by atoms with Gasteiger partial charge < -0.3 is 14.4 Å². The van der Waals surface area contributed by atoms with E-state index in [4.69, 9.17) is 0 Å². The third kappa shape index (κ3) is 3.16. The third-order valence-corrected chi connectivity index (χ3v) is 4.64. The zero-order valence-electron chi connectivity index (χ0n) is 13.2. The van der Waals surface area contributed by atoms with Crippen LogP contribution in [0.3, 0.4) is 0 Å². The number of likely N-dealkylation sites (tertiary alicyclic amines) is 1. The minimum atomic E-state index is 0.0815. The highest BCUT2D eigenvalue weighted by Crippen LogP contribution is 2.11. The topological polar surface area (TPSA) is 48.8 Å². The fourth-order valence-corrected chi connectivity index (χ4v) is 3.21. The van der Waals surface area contributed by atoms with Crippen LogP contribution in [0.25, 0.3) is 0 Å². The molecule has 2 aliphatic rings. The molecule has 6 heteroatoms. The number of carbonyl (C=O) groups excluding carboxylic acids is 2. The van der Waals surface area contributed by atoms with Crippen molar-refractivity contribution in [2.24, 2.45) is 7.05 Å². The Kier molecular flexibility index (Phi) is 4.47. The van der Waals surface area contributed by atoms with E-state index in [9.17, 15) is 9.59 Å². The van der Waals surface area contributed by atoms with E-state index in [2.05, 4.69) is 4.90 Å². The third-order valence-electron chi connectivity index (χ3n) is 4.64. The van der Waals surface area contributed by atoms with E-state index in [1.54, 1.807) is 0 Å². The molecule has 2 amide bonds. The van der Waals surface area contributed by atoms with Crippen molar-refractivity contribution >= 4 is 11.8 Å². The van der Waals surface area contributed by atoms with Crippen LogP contribution in [0.2, 0.25) is 0 Å². The van der Waals surface area contributed by atoms with Crippen LogP contribution < -0.4 is 0 Å². The summed E-state index contributed by atoms with van der Waals surface area (Å²) in [6.07, 6.45) is 4.15. The van der Waals surface area contributed by atoms with Crippen LogP contribution in [0, 0.1) is 0 Å². The summed E-state index contributed by atoms with van der Waals surface area (Å²) in [6.45, 7) is 5.24. The summed E-state index contributed by atoms with van der Waals surface area (Å²) in [5.74, 6) is 0.317. The normalized spacial score (nSPS) is 19.7. The molecule has 6 nitrogen and oxygen atoms in total. The average molecular weight is 304 g/mol. The molecule has 120 valence electrons. The van der Waals surface area contributed by atoms with Gasteiger partial charge in [-0.25, -0.2) is 0 Å². The first-order chi connectivity index (χ1) is 10.6. The first-order valence-electron chi connectivity index (χ1n) is 8.06. The molecule has 0 aromatic carbocycles. The zero-order chi connectivity index (χ0) is 15.5. The molecule has 1 aromatic heterocycles. The van der Waals surface area contributed by atoms with Gasteiger partial charge in [0.05, 0.1) is 6.54 Å². The molecule has 0 radical (unpaired) electrons. The van der Waals surface area contributed by atoms with Crippen molar-refractivity contribution in [3.63, 3.8) is 0 Å². The first-order valence-corrected chi connectivity index (χ1v) is 8.06. The maximum Gasteiger partial charge on any atom is 0.270 e. The van der Waals surface area contributed by atoms with Crippen LogP contribution in [-0.2, 0) is 11.8 Å². The van der Waals surface area contributed by atoms with Crippen molar-refractivity contribution in [2.75, 3.05) is 45.8 Å². The summed E-state index contributed by atoms with van der Waals surface area (Å²) in [4.78, 5) is 30.6. The highest BCUT2D eigenvalue weighted by atomic mass is 16.2. The van der Waals surface area contributed by atoms with Gasteiger partial charge in [0, 0.05) is 52.5 Å². The average Bonchev–Trinajstić information content (AvgIpc) is 3.18. The second-order valence-electron chi connectivity index (χ2n) is 6.16. The fraction of sp³-hybridized carbons (Fsp3) is 0.625. The second kappa shape index (κ2) is 6.52. The minimum Gasteiger partial charge on any atom is -0.347 e. The van der Waals surface area contributed by atoms with E-state index in [-0.39, 0.29) is 11.8 Å². The molecule has 0 aliphatic carbocycles. The quantitative estimate of drug-likeness (QED) is 0.812. The number of carbonyl (C=O) groups is 2. The molecule has 3 heterocycles. The summed E-state index contributed by atoms with van der Waals surface area (Å²) in [5.41, 5.74) is 0.724. The Labute approximate surface area is 131 Å². The number of aryl methyl sites for hydroxylation is 1. The summed E-state index contributed by atoms with van der Waals surface area (Å²) in [5, 5.41) is 0. The monoisotopic (exact) mass is 304 g/mol. The van der Waals surface area contributed by atoms with E-state index in [1.165, 1.54) is 0 Å². The van der Waals surface area contributed by atoms with Crippen LogP contribution in [0.5, 0.6) is 0 Å². The van der Waals surface area contributed by atoms with E-state index in [1.807, 2.05) is 39.7 Å². The summed E-state index contributed by atoms with van der Waals surface area (Å²) in [6, 6.07) is 3.74. The zero-order valence-corrected chi connectivity index (χ0v) is 13.2. The van der Waals surface area contributed by atoms with Crippen molar-refractivity contribution < 1.29 is 9.59 Å². The number of nitrogens with zero attached hydrogens (tertiary/aromatic N) is 4. The van der Waals surface area contributed by atoms with Crippen molar-refractivity contribution in [3.05, 3.63) is 24.0 Å². The van der Waals surface area contributed by atoms with Gasteiger partial charge >= 0.3 is 0 Å². The number of hydrogen-bond donors (Lipinski definition) is 0. The minimum absolute atomic E-state index is 0.0815. The van der Waals surface area contributed by atoms with Crippen molar-refractivity contribution in [1.82, 2.24) is 19.3 Å². The Morgan fingerprint density at radius 2 is 1.68 bits per heavy atom. The van der Waals surface area contributed by atoms with Crippen molar-refractivity contribution in [2.45, 2.75) is 12.8 Å². The van der Waals surface area contributed by atoms with Gasteiger partial charge in [0.2, 0.25) is 5.91 Å². The molecule has 2 aliphatic heterocycles. The maximum atomic E-state index is 12.4. The Balaban J connectivity index is 1.49. The van der Waals surface area contributed by atoms with Gasteiger partial charge in [-0.15, -0.1) is 0 Å². The van der Waals surface area contributed by atoms with E-state index in [0.29, 0.717) is 19.6 Å². The molecule has 0 bridgehead atoms. The molecule has 0 saturated carbocycles. The summed E-state index contributed by atoms with van der Waals surface area (Å²) < 4.78 is 1.85. The lowest BCUT2D eigenvalue weighted by molar-refractivity contribution is -0.131. The predicted molar refractivity (Wildman–Crippen MR) is 83.6 cm³/mol. The molecular weight excluding hydrogens is 280 g/mol. The number of amides is 2. The van der Waals surface area contributed by atoms with Gasteiger partial charge in [-0.2, -0.15) is 0 Å². The molecule has 22 heavy (non-hydrogen) atoms. The van der Waals surface area contributed by atoms with Crippen LogP contribution in [0.1, 0.15) is 23.3 Å². The highest BCUT2D eigenvalue weighted by Gasteiger charge is 2.26. The van der Waals surface area contributed by atoms with Gasteiger partial charge in [0.15, 0.2) is 0 Å². The number of piperazine rings is 1. The molecule has 2 fully saturated rings. The number of aromatic nitrogens is 1. The molecule has 2 saturated heterocycles. The smallest absolute Gasteiger partial charge is 0.270 e. The lowest BCUT2D eigenvalue weighted by Gasteiger charge is -2.35. The Hall–Kier alpha value is -1.82. The molecule has 0 spiro atoms. The molecule has 0 N–H and O–H groups in total. The van der Waals surface area contributed by atoms with Crippen LogP contribution in [0.4, 0.5) is 0 Å². The van der Waals surface area contributed by atoms with Crippen molar-refractivity contribution in [3.8, 4) is 0 Å². The maximum absolute atomic E-state index is 12.4. The standard InChI is InChI=1S/C16H24N4O2/c1-17-6-4-5-14(17)16(22)20-11-9-18(10-12-20)13-15(21)19-7-2-3-8-19/h4-6H,2-3,7-13H2,1H3. The second-order valence-corrected chi connectivity index (χ2v) is 6.16. The number of rotatable bonds is 3. The molecule has 0 atom stereocenters. The first kappa shape index (κ1) is 15.1. The van der Waals surface area contributed by atoms with E-state index in [0.717, 1.165) is 44.7 Å². The van der Waals surface area contributed by atoms with Crippen LogP contribution in [-0.4, -0.2) is 76.9 Å². The molecular formula is C16H24N4O2. The lowest BCUT2D eigenvalue weighted by atomic mass is 10.2. The summed E-state index contributed by atoms with van der Waals surface area (Å²) >= 11 is 0. The Morgan fingerprint density at radius 1 is 1.00 bits per heavy atom. The Morgan fingerprint density at radius 3 is 2.27 bits per heavy atom. The Bertz CT molecular complexity index is 540. The fourth-order valence-electron chi connectivity index (χ4n) is 3.21. The molecule has 3 rings (SSSR count). The number of hydrogen-bond acceptors (Lipinski definition) is 3. The largest absolute Gasteiger partial charge is 0.347 e. The summed E-state index contributed by atoms with van der Waals surface area (Å²) in [7, 11) is 1.89. The van der Waals surface area contributed by atoms with Gasteiger partial charge in [0.1, 0.15) is 5.69 Å². The van der Waals surface area contributed by atoms with Crippen LogP contribution >= 0.6 is 0 Å². The lowest BCUT2D eigenvalue weighted by Crippen LogP contribution is -2.51. The van der Waals surface area contributed by atoms with E-state index < -0.39 is 0 Å². The van der Waals surface area contributed by atoms with Gasteiger partial charge in [0.25, 0.3) is 5.91 Å². The molecule has 0 unspecified atom stereocenters. The SMILES string of the molecule is Cn1cccc1C(=O)N1CCN(CC(=O)N2CCCC2)CC1.